The number of nitrogens with one attached hydrogen (secondary N) is 1. The van der Waals surface area contributed by atoms with Crippen LogP contribution in [0.4, 0.5) is 13.6 Å². The highest BCUT2D eigenvalue weighted by molar-refractivity contribution is 7.90. The molecule has 0 saturated carbocycles. The summed E-state index contributed by atoms with van der Waals surface area (Å²) in [5, 5.41) is 9.19. The van der Waals surface area contributed by atoms with Crippen molar-refractivity contribution in [2.75, 3.05) is 13.1 Å². The molecule has 1 saturated heterocycles. The zero-order valence-corrected chi connectivity index (χ0v) is 16.0. The highest BCUT2D eigenvalue weighted by atomic mass is 32.2. The summed E-state index contributed by atoms with van der Waals surface area (Å²) >= 11 is -1.46. The van der Waals surface area contributed by atoms with E-state index in [0.29, 0.717) is 37.9 Å². The summed E-state index contributed by atoms with van der Waals surface area (Å²) in [6, 6.07) is 1.62. The molecule has 26 heavy (non-hydrogen) atoms. The molecule has 0 aromatic heterocycles. The Morgan fingerprint density at radius 1 is 1.31 bits per heavy atom. The first-order valence-electron chi connectivity index (χ1n) is 8.68. The van der Waals surface area contributed by atoms with Gasteiger partial charge in [-0.1, -0.05) is 0 Å². The summed E-state index contributed by atoms with van der Waals surface area (Å²) in [6.45, 7) is 6.04. The summed E-state index contributed by atoms with van der Waals surface area (Å²) in [4.78, 5) is 12.5. The van der Waals surface area contributed by atoms with E-state index in [2.05, 4.69) is 4.72 Å². The molecule has 8 heteroatoms. The average Bonchev–Trinajstić information content (AvgIpc) is 2.86. The fourth-order valence-corrected chi connectivity index (χ4v) is 4.87. The Morgan fingerprint density at radius 3 is 2.42 bits per heavy atom. The van der Waals surface area contributed by atoms with Gasteiger partial charge >= 0.3 is 6.09 Å². The first-order valence-corrected chi connectivity index (χ1v) is 9.83. The van der Waals surface area contributed by atoms with Crippen molar-refractivity contribution in [2.24, 2.45) is 5.41 Å². The highest BCUT2D eigenvalue weighted by Crippen LogP contribution is 2.53. The van der Waals surface area contributed by atoms with E-state index in [9.17, 15) is 23.2 Å². The number of carbonyl (C=O) groups is 1. The number of benzene rings is 1. The molecule has 1 fully saturated rings. The van der Waals surface area contributed by atoms with Gasteiger partial charge in [-0.2, -0.15) is 0 Å². The number of fused-ring (bicyclic) bond motifs is 1. The van der Waals surface area contributed by atoms with Crippen LogP contribution in [0.5, 0.6) is 0 Å². The maximum atomic E-state index is 14.6. The fourth-order valence-electron chi connectivity index (χ4n) is 3.94. The predicted octanol–water partition coefficient (Wildman–Crippen LogP) is 3.37. The molecule has 1 aliphatic heterocycles. The molecule has 1 aromatic rings. The molecule has 144 valence electrons. The van der Waals surface area contributed by atoms with Crippen molar-refractivity contribution in [1.82, 2.24) is 9.62 Å². The average molecular weight is 386 g/mol. The molecular weight excluding hydrogens is 362 g/mol. The summed E-state index contributed by atoms with van der Waals surface area (Å²) in [5.74, 6) is -0.977. The van der Waals surface area contributed by atoms with E-state index >= 15 is 0 Å². The molecule has 1 aliphatic carbocycles. The Labute approximate surface area is 155 Å². The van der Waals surface area contributed by atoms with Gasteiger partial charge in [0.2, 0.25) is 0 Å². The summed E-state index contributed by atoms with van der Waals surface area (Å²) in [5.41, 5.74) is 0.0154. The van der Waals surface area contributed by atoms with Gasteiger partial charge in [-0.05, 0) is 57.7 Å². The van der Waals surface area contributed by atoms with Gasteiger partial charge in [0, 0.05) is 35.4 Å². The minimum atomic E-state index is -1.46. The van der Waals surface area contributed by atoms with Crippen LogP contribution >= 0.6 is 0 Å². The standard InChI is InChI=1S/C18H24F2N2O3S/c1-17(2,3)26(25)21-15-14-11(12(19)4-5-13(14)20)10-18(15)6-8-22(9-7-18)16(23)24/h4-5,15,21H,6-10H2,1-3H3,(H,23,24)/t15-,26?/m1/s1. The first-order chi connectivity index (χ1) is 12.0. The zero-order chi connectivity index (χ0) is 19.3. The van der Waals surface area contributed by atoms with Crippen molar-refractivity contribution in [2.45, 2.75) is 50.8 Å². The molecule has 1 unspecified atom stereocenters. The Kier molecular flexibility index (Phi) is 4.96. The monoisotopic (exact) mass is 386 g/mol. The van der Waals surface area contributed by atoms with Crippen LogP contribution in [-0.2, 0) is 17.8 Å². The summed E-state index contributed by atoms with van der Waals surface area (Å²) in [6.07, 6.45) is 0.256. The van der Waals surface area contributed by atoms with Crippen molar-refractivity contribution in [3.8, 4) is 0 Å². The molecule has 3 rings (SSSR count). The first kappa shape index (κ1) is 19.4. The van der Waals surface area contributed by atoms with Gasteiger partial charge in [0.1, 0.15) is 16.4 Å². The predicted molar refractivity (Wildman–Crippen MR) is 95.1 cm³/mol. The molecule has 2 aliphatic rings. The molecule has 0 bridgehead atoms. The number of hydrogen-bond donors (Lipinski definition) is 2. The molecule has 2 N–H and O–H groups in total. The number of amides is 1. The van der Waals surface area contributed by atoms with Gasteiger partial charge in [0.15, 0.2) is 0 Å². The van der Waals surface area contributed by atoms with Crippen molar-refractivity contribution in [3.05, 3.63) is 34.9 Å². The van der Waals surface area contributed by atoms with E-state index in [1.165, 1.54) is 4.90 Å². The molecular formula is C18H24F2N2O3S. The van der Waals surface area contributed by atoms with Gasteiger partial charge in [-0.15, -0.1) is 4.72 Å². The van der Waals surface area contributed by atoms with Crippen LogP contribution < -0.4 is 4.72 Å². The van der Waals surface area contributed by atoms with Gasteiger partial charge in [0.05, 0.1) is 6.04 Å². The number of carboxylic acid groups (broad SMARTS) is 1. The molecule has 0 radical (unpaired) electrons. The molecule has 1 aromatic carbocycles. The lowest BCUT2D eigenvalue weighted by Gasteiger charge is -2.43. The van der Waals surface area contributed by atoms with Crippen LogP contribution in [0.3, 0.4) is 0 Å². The number of hydrogen-bond acceptors (Lipinski definition) is 3. The summed E-state index contributed by atoms with van der Waals surface area (Å²) in [7, 11) is 0. The smallest absolute Gasteiger partial charge is 0.407 e. The van der Waals surface area contributed by atoms with Crippen molar-refractivity contribution >= 4 is 17.5 Å². The Morgan fingerprint density at radius 2 is 1.88 bits per heavy atom. The number of likely N-dealkylation sites (tertiary alicyclic amines) is 1. The number of halogens is 2. The van der Waals surface area contributed by atoms with Crippen LogP contribution in [-0.4, -0.2) is 38.5 Å². The number of piperidine rings is 1. The Bertz CT molecular complexity index is 715. The van der Waals surface area contributed by atoms with Crippen LogP contribution in [0.1, 0.15) is 50.8 Å². The zero-order valence-electron chi connectivity index (χ0n) is 15.1. The lowest BCUT2D eigenvalue weighted by Crippen LogP contribution is -2.50. The number of rotatable bonds is 2. The van der Waals surface area contributed by atoms with Gasteiger partial charge in [-0.3, -0.25) is 0 Å². The van der Waals surface area contributed by atoms with Gasteiger partial charge in [-0.25, -0.2) is 13.6 Å². The third-order valence-corrected chi connectivity index (χ3v) is 7.05. The maximum Gasteiger partial charge on any atom is 0.407 e. The van der Waals surface area contributed by atoms with Gasteiger partial charge < -0.3 is 14.6 Å². The van der Waals surface area contributed by atoms with E-state index < -0.39 is 45.3 Å². The van der Waals surface area contributed by atoms with Gasteiger partial charge in [0.25, 0.3) is 0 Å². The largest absolute Gasteiger partial charge is 0.598 e. The van der Waals surface area contributed by atoms with E-state index in [1.807, 2.05) is 20.8 Å². The molecule has 1 spiro atoms. The van der Waals surface area contributed by atoms with Crippen LogP contribution in [0.15, 0.2) is 12.1 Å². The lowest BCUT2D eigenvalue weighted by molar-refractivity contribution is 0.0757. The number of nitrogens with zero attached hydrogens (tertiary/aromatic N) is 1. The third-order valence-electron chi connectivity index (χ3n) is 5.49. The van der Waals surface area contributed by atoms with Crippen LogP contribution in [0.25, 0.3) is 0 Å². The van der Waals surface area contributed by atoms with E-state index in [0.717, 1.165) is 12.1 Å². The third kappa shape index (κ3) is 3.30. The topological polar surface area (TPSA) is 75.6 Å². The van der Waals surface area contributed by atoms with Crippen LogP contribution in [0, 0.1) is 17.0 Å². The Hall–Kier alpha value is -1.38. The SMILES string of the molecule is CC(C)(C)[S+]([O-])N[C@@H]1c2c(F)ccc(F)c2CC12CCN(C(=O)O)CC2. The second-order valence-electron chi connectivity index (χ2n) is 8.16. The highest BCUT2D eigenvalue weighted by Gasteiger charge is 2.52. The second kappa shape index (κ2) is 6.65. The quantitative estimate of drug-likeness (QED) is 0.764. The Balaban J connectivity index is 1.98. The van der Waals surface area contributed by atoms with Crippen molar-refractivity contribution < 1.29 is 23.2 Å². The molecule has 1 amide bonds. The minimum absolute atomic E-state index is 0.242. The second-order valence-corrected chi connectivity index (χ2v) is 10.2. The minimum Gasteiger partial charge on any atom is -0.598 e. The fraction of sp³-hybridized carbons (Fsp3) is 0.611. The van der Waals surface area contributed by atoms with E-state index in [1.54, 1.807) is 0 Å². The van der Waals surface area contributed by atoms with Crippen molar-refractivity contribution in [1.29, 1.82) is 0 Å². The normalized spacial score (nSPS) is 23.2. The van der Waals surface area contributed by atoms with Crippen molar-refractivity contribution in [3.63, 3.8) is 0 Å². The molecule has 1 heterocycles. The van der Waals surface area contributed by atoms with E-state index in [-0.39, 0.29) is 5.56 Å². The van der Waals surface area contributed by atoms with Crippen LogP contribution in [0.2, 0.25) is 0 Å². The molecule has 2 atom stereocenters. The summed E-state index contributed by atoms with van der Waals surface area (Å²) < 4.78 is 44.2. The van der Waals surface area contributed by atoms with E-state index in [4.69, 9.17) is 0 Å². The maximum absolute atomic E-state index is 14.6. The molecule has 5 nitrogen and oxygen atoms in total. The lowest BCUT2D eigenvalue weighted by atomic mass is 9.73.